The fraction of sp³-hybridized carbons (Fsp3) is 0.545. The Labute approximate surface area is 179 Å². The number of hydrogen-bond donors (Lipinski definition) is 0. The van der Waals surface area contributed by atoms with E-state index >= 15 is 0 Å². The molecule has 2 aliphatic rings. The van der Waals surface area contributed by atoms with Gasteiger partial charge in [-0.2, -0.15) is 5.10 Å². The molecule has 30 heavy (non-hydrogen) atoms. The number of rotatable bonds is 1. The average Bonchev–Trinajstić information content (AvgIpc) is 3.37. The summed E-state index contributed by atoms with van der Waals surface area (Å²) in [5, 5.41) is 8.99. The summed E-state index contributed by atoms with van der Waals surface area (Å²) in [6.07, 6.45) is 4.09. The number of thiazole rings is 1. The van der Waals surface area contributed by atoms with E-state index in [1.807, 2.05) is 10.7 Å². The van der Waals surface area contributed by atoms with Gasteiger partial charge in [0, 0.05) is 23.8 Å². The minimum absolute atomic E-state index is 0.0339. The van der Waals surface area contributed by atoms with Gasteiger partial charge in [0.15, 0.2) is 6.23 Å². The molecule has 2 aliphatic heterocycles. The van der Waals surface area contributed by atoms with Crippen molar-refractivity contribution in [2.45, 2.75) is 51.5 Å². The molecule has 7 nitrogen and oxygen atoms in total. The lowest BCUT2D eigenvalue weighted by molar-refractivity contribution is -0.0365. The van der Waals surface area contributed by atoms with Crippen LogP contribution in [0.3, 0.4) is 0 Å². The van der Waals surface area contributed by atoms with E-state index in [-0.39, 0.29) is 12.3 Å². The van der Waals surface area contributed by atoms with E-state index in [2.05, 4.69) is 24.4 Å². The summed E-state index contributed by atoms with van der Waals surface area (Å²) >= 11 is 1.60. The minimum atomic E-state index is -0.0339. The molecule has 4 heterocycles. The molecule has 1 aromatic carbocycles. The number of aromatic nitrogens is 3. The largest absolute Gasteiger partial charge is 0.491 e. The topological polar surface area (TPSA) is 67.6 Å². The Morgan fingerprint density at radius 3 is 2.90 bits per heavy atom. The highest BCUT2D eigenvalue weighted by molar-refractivity contribution is 7.09. The highest BCUT2D eigenvalue weighted by Crippen LogP contribution is 2.35. The van der Waals surface area contributed by atoms with Crippen molar-refractivity contribution in [3.63, 3.8) is 0 Å². The zero-order chi connectivity index (χ0) is 20.3. The summed E-state index contributed by atoms with van der Waals surface area (Å²) in [5.74, 6) is 0.839. The molecule has 0 amide bonds. The number of fused-ring (bicyclic) bond motifs is 4. The van der Waals surface area contributed by atoms with Gasteiger partial charge in [-0.15, -0.1) is 11.3 Å². The van der Waals surface area contributed by atoms with Crippen LogP contribution in [0.5, 0.6) is 5.75 Å². The molecular weight excluding hydrogens is 402 g/mol. The van der Waals surface area contributed by atoms with Crippen LogP contribution in [0.1, 0.15) is 43.8 Å². The van der Waals surface area contributed by atoms with Gasteiger partial charge in [-0.3, -0.25) is 0 Å². The molecule has 4 bridgehead atoms. The van der Waals surface area contributed by atoms with Crippen molar-refractivity contribution < 1.29 is 18.9 Å². The first-order chi connectivity index (χ1) is 14.8. The quantitative estimate of drug-likeness (QED) is 0.565. The summed E-state index contributed by atoms with van der Waals surface area (Å²) in [6, 6.07) is 6.19. The molecule has 0 aliphatic carbocycles. The van der Waals surface area contributed by atoms with Crippen LogP contribution in [0.2, 0.25) is 0 Å². The number of ether oxygens (including phenoxy) is 4. The van der Waals surface area contributed by atoms with Crippen LogP contribution in [0.15, 0.2) is 23.6 Å². The Balaban J connectivity index is 1.57. The molecule has 0 spiro atoms. The maximum Gasteiger partial charge on any atom is 0.150 e. The Morgan fingerprint density at radius 1 is 1.07 bits per heavy atom. The normalized spacial score (nSPS) is 23.5. The fourth-order valence-electron chi connectivity index (χ4n) is 3.92. The second kappa shape index (κ2) is 9.01. The molecule has 3 aromatic rings. The Bertz CT molecular complexity index is 996. The monoisotopic (exact) mass is 429 g/mol. The van der Waals surface area contributed by atoms with Gasteiger partial charge in [-0.05, 0) is 44.4 Å². The van der Waals surface area contributed by atoms with E-state index in [9.17, 15) is 0 Å². The lowest BCUT2D eigenvalue weighted by Gasteiger charge is -2.23. The summed E-state index contributed by atoms with van der Waals surface area (Å²) in [4.78, 5) is 4.79. The van der Waals surface area contributed by atoms with Crippen molar-refractivity contribution in [2.24, 2.45) is 0 Å². The van der Waals surface area contributed by atoms with E-state index < -0.39 is 0 Å². The van der Waals surface area contributed by atoms with Crippen molar-refractivity contribution >= 4 is 22.2 Å². The first-order valence-corrected chi connectivity index (χ1v) is 11.6. The smallest absolute Gasteiger partial charge is 0.150 e. The Kier molecular flexibility index (Phi) is 5.99. The molecule has 2 aromatic heterocycles. The van der Waals surface area contributed by atoms with Gasteiger partial charge in [0.2, 0.25) is 0 Å². The Hall–Kier alpha value is -2.00. The molecule has 5 rings (SSSR count). The molecule has 8 heteroatoms. The summed E-state index contributed by atoms with van der Waals surface area (Å²) in [6.45, 7) is 5.12. The van der Waals surface area contributed by atoms with Crippen LogP contribution < -0.4 is 4.74 Å². The van der Waals surface area contributed by atoms with E-state index in [1.165, 1.54) is 0 Å². The van der Waals surface area contributed by atoms with Crippen LogP contribution in [0.4, 0.5) is 0 Å². The lowest BCUT2D eigenvalue weighted by atomic mass is 10.1. The second-order valence-electron chi connectivity index (χ2n) is 7.80. The third kappa shape index (κ3) is 4.23. The van der Waals surface area contributed by atoms with Crippen molar-refractivity contribution in [3.8, 4) is 17.1 Å². The highest BCUT2D eigenvalue weighted by atomic mass is 32.1. The van der Waals surface area contributed by atoms with Gasteiger partial charge in [0.1, 0.15) is 22.1 Å². The van der Waals surface area contributed by atoms with Gasteiger partial charge in [0.05, 0.1) is 38.0 Å². The van der Waals surface area contributed by atoms with Gasteiger partial charge in [-0.25, -0.2) is 9.67 Å². The lowest BCUT2D eigenvalue weighted by Crippen LogP contribution is -2.19. The first kappa shape index (κ1) is 19.9. The van der Waals surface area contributed by atoms with Gasteiger partial charge >= 0.3 is 0 Å². The zero-order valence-corrected chi connectivity index (χ0v) is 18.0. The molecule has 1 fully saturated rings. The van der Waals surface area contributed by atoms with Crippen LogP contribution >= 0.6 is 11.3 Å². The number of hydrogen-bond acceptors (Lipinski definition) is 7. The van der Waals surface area contributed by atoms with Crippen LogP contribution in [-0.4, -0.2) is 47.3 Å². The standard InChI is InChI=1S/C22H27N3O4S/c1-15-7-9-26-10-11-27-13-20-23-18(14-30-20)22-17-12-16(29-15)5-6-19(17)25(24-22)21-4-2-3-8-28-21/h5-6,12,14-15,21H,2-4,7-11,13H2,1H3/t15-,21?/m0/s1. The van der Waals surface area contributed by atoms with Crippen LogP contribution in [0.25, 0.3) is 22.3 Å². The third-order valence-corrected chi connectivity index (χ3v) is 6.33. The van der Waals surface area contributed by atoms with Gasteiger partial charge in [-0.1, -0.05) is 0 Å². The molecular formula is C22H27N3O4S. The minimum Gasteiger partial charge on any atom is -0.491 e. The van der Waals surface area contributed by atoms with Crippen molar-refractivity contribution in [2.75, 3.05) is 26.4 Å². The number of benzene rings is 1. The van der Waals surface area contributed by atoms with Crippen LogP contribution in [-0.2, 0) is 20.8 Å². The highest BCUT2D eigenvalue weighted by Gasteiger charge is 2.23. The zero-order valence-electron chi connectivity index (χ0n) is 17.2. The SMILES string of the molecule is C[C@H]1CCOCCOCc2nc(cs2)-c2nn(C3CCCCO3)c3ccc(cc23)O1. The van der Waals surface area contributed by atoms with Crippen molar-refractivity contribution in [1.82, 2.24) is 14.8 Å². The van der Waals surface area contributed by atoms with Gasteiger partial charge < -0.3 is 18.9 Å². The predicted molar refractivity (Wildman–Crippen MR) is 115 cm³/mol. The molecule has 0 saturated carbocycles. The number of nitrogens with zero attached hydrogens (tertiary/aromatic N) is 3. The summed E-state index contributed by atoms with van der Waals surface area (Å²) in [5.41, 5.74) is 2.79. The molecule has 160 valence electrons. The second-order valence-corrected chi connectivity index (χ2v) is 8.74. The van der Waals surface area contributed by atoms with Crippen molar-refractivity contribution in [1.29, 1.82) is 0 Å². The Morgan fingerprint density at radius 2 is 2.00 bits per heavy atom. The van der Waals surface area contributed by atoms with E-state index in [0.29, 0.717) is 26.4 Å². The molecule has 0 N–H and O–H groups in total. The first-order valence-electron chi connectivity index (χ1n) is 10.7. The molecule has 0 radical (unpaired) electrons. The molecule has 1 saturated heterocycles. The third-order valence-electron chi connectivity index (χ3n) is 5.50. The van der Waals surface area contributed by atoms with Gasteiger partial charge in [0.25, 0.3) is 0 Å². The fourth-order valence-corrected chi connectivity index (χ4v) is 4.64. The van der Waals surface area contributed by atoms with Crippen LogP contribution in [0, 0.1) is 0 Å². The average molecular weight is 430 g/mol. The predicted octanol–water partition coefficient (Wildman–Crippen LogP) is 4.56. The van der Waals surface area contributed by atoms with Crippen molar-refractivity contribution in [3.05, 3.63) is 28.6 Å². The van der Waals surface area contributed by atoms with E-state index in [4.69, 9.17) is 29.0 Å². The summed E-state index contributed by atoms with van der Waals surface area (Å²) in [7, 11) is 0. The molecule has 1 unspecified atom stereocenters. The van der Waals surface area contributed by atoms with E-state index in [0.717, 1.165) is 65.3 Å². The van der Waals surface area contributed by atoms with E-state index in [1.54, 1.807) is 11.3 Å². The molecule has 2 atom stereocenters. The maximum atomic E-state index is 6.17. The summed E-state index contributed by atoms with van der Waals surface area (Å²) < 4.78 is 25.6. The maximum absolute atomic E-state index is 6.17.